The summed E-state index contributed by atoms with van der Waals surface area (Å²) in [6.07, 6.45) is 0.0409. The van der Waals surface area contributed by atoms with Crippen molar-refractivity contribution in [1.82, 2.24) is 0 Å². The van der Waals surface area contributed by atoms with Crippen molar-refractivity contribution in [1.29, 1.82) is 0 Å². The zero-order valence-corrected chi connectivity index (χ0v) is 4.64. The third kappa shape index (κ3) is 1.42. The Morgan fingerprint density at radius 1 is 1.62 bits per heavy atom. The summed E-state index contributed by atoms with van der Waals surface area (Å²) in [5.41, 5.74) is 5.41. The fraction of sp³-hybridized carbons (Fsp3) is 1.00. The van der Waals surface area contributed by atoms with Crippen molar-refractivity contribution in [2.75, 3.05) is 6.61 Å². The van der Waals surface area contributed by atoms with E-state index in [1.165, 1.54) is 0 Å². The molecule has 8 heavy (non-hydrogen) atoms. The summed E-state index contributed by atoms with van der Waals surface area (Å²) in [5, 5.41) is 0. The molecule has 1 aliphatic heterocycles. The second-order valence-electron chi connectivity index (χ2n) is 2.07. The minimum Gasteiger partial charge on any atom is -0.348 e. The fourth-order valence-electron chi connectivity index (χ4n) is 0.771. The van der Waals surface area contributed by atoms with Crippen LogP contribution in [0, 0.1) is 0 Å². The van der Waals surface area contributed by atoms with E-state index in [-0.39, 0.29) is 6.04 Å². The molecule has 0 bridgehead atoms. The van der Waals surface area contributed by atoms with Crippen LogP contribution in [0.3, 0.4) is 0 Å². The van der Waals surface area contributed by atoms with Gasteiger partial charge in [-0.15, -0.1) is 0 Å². The van der Waals surface area contributed by atoms with Gasteiger partial charge in [-0.3, -0.25) is 0 Å². The lowest BCUT2D eigenvalue weighted by atomic mass is 10.1. The number of rotatable bonds is 0. The molecule has 1 rings (SSSR count). The molecule has 1 fully saturated rings. The SMILES string of the molecule is N[C@H]1CCOC(F)C1. The van der Waals surface area contributed by atoms with Crippen LogP contribution >= 0.6 is 0 Å². The van der Waals surface area contributed by atoms with Crippen LogP contribution in [-0.4, -0.2) is 19.0 Å². The lowest BCUT2D eigenvalue weighted by Crippen LogP contribution is -2.32. The maximum Gasteiger partial charge on any atom is 0.200 e. The normalized spacial score (nSPS) is 39.8. The average Bonchev–Trinajstić information content (AvgIpc) is 1.64. The van der Waals surface area contributed by atoms with Crippen LogP contribution in [0.1, 0.15) is 12.8 Å². The van der Waals surface area contributed by atoms with E-state index in [1.54, 1.807) is 0 Å². The Morgan fingerprint density at radius 2 is 2.38 bits per heavy atom. The summed E-state index contributed by atoms with van der Waals surface area (Å²) in [7, 11) is 0. The second kappa shape index (κ2) is 2.42. The molecule has 0 spiro atoms. The van der Waals surface area contributed by atoms with Gasteiger partial charge in [0.05, 0.1) is 6.61 Å². The lowest BCUT2D eigenvalue weighted by Gasteiger charge is -2.20. The van der Waals surface area contributed by atoms with E-state index >= 15 is 0 Å². The number of nitrogens with two attached hydrogens (primary N) is 1. The van der Waals surface area contributed by atoms with Crippen molar-refractivity contribution in [3.63, 3.8) is 0 Å². The molecule has 0 saturated carbocycles. The van der Waals surface area contributed by atoms with Gasteiger partial charge < -0.3 is 10.5 Å². The maximum atomic E-state index is 12.1. The van der Waals surface area contributed by atoms with Crippen molar-refractivity contribution in [2.45, 2.75) is 25.2 Å². The van der Waals surface area contributed by atoms with Crippen LogP contribution in [0.4, 0.5) is 4.39 Å². The quantitative estimate of drug-likeness (QED) is 0.501. The highest BCUT2D eigenvalue weighted by Crippen LogP contribution is 2.11. The largest absolute Gasteiger partial charge is 0.348 e. The van der Waals surface area contributed by atoms with Crippen molar-refractivity contribution in [3.8, 4) is 0 Å². The number of alkyl halides is 1. The predicted molar refractivity (Wildman–Crippen MR) is 28.1 cm³/mol. The molecule has 0 aromatic rings. The Balaban J connectivity index is 2.23. The van der Waals surface area contributed by atoms with Gasteiger partial charge in [0, 0.05) is 12.5 Å². The number of halogens is 1. The molecule has 0 amide bonds. The summed E-state index contributed by atoms with van der Waals surface area (Å²) >= 11 is 0. The molecule has 0 aliphatic carbocycles. The summed E-state index contributed by atoms with van der Waals surface area (Å²) in [6.45, 7) is 0.475. The van der Waals surface area contributed by atoms with Gasteiger partial charge in [-0.25, -0.2) is 4.39 Å². The molecule has 3 heteroatoms. The number of hydrogen-bond donors (Lipinski definition) is 1. The third-order valence-corrected chi connectivity index (χ3v) is 1.28. The highest BCUT2D eigenvalue weighted by Gasteiger charge is 2.17. The Bertz CT molecular complexity index is 70.8. The van der Waals surface area contributed by atoms with Crippen LogP contribution in [0.5, 0.6) is 0 Å². The summed E-state index contributed by atoms with van der Waals surface area (Å²) in [4.78, 5) is 0. The number of ether oxygens (including phenoxy) is 1. The minimum atomic E-state index is -1.11. The molecule has 1 aliphatic rings. The van der Waals surface area contributed by atoms with Crippen LogP contribution in [0.2, 0.25) is 0 Å². The van der Waals surface area contributed by atoms with Crippen LogP contribution in [0.25, 0.3) is 0 Å². The summed E-state index contributed by atoms with van der Waals surface area (Å²) in [6, 6.07) is 0.0127. The highest BCUT2D eigenvalue weighted by molar-refractivity contribution is 4.66. The van der Waals surface area contributed by atoms with Gasteiger partial charge in [-0.05, 0) is 6.42 Å². The summed E-state index contributed by atoms with van der Waals surface area (Å²) < 4.78 is 16.7. The van der Waals surface area contributed by atoms with Gasteiger partial charge in [-0.1, -0.05) is 0 Å². The van der Waals surface area contributed by atoms with Gasteiger partial charge in [0.25, 0.3) is 0 Å². The molecular formula is C5H10FNO. The van der Waals surface area contributed by atoms with Gasteiger partial charge in [0.2, 0.25) is 0 Å². The average molecular weight is 119 g/mol. The van der Waals surface area contributed by atoms with Crippen LogP contribution in [-0.2, 0) is 4.74 Å². The molecule has 1 unspecified atom stereocenters. The topological polar surface area (TPSA) is 35.2 Å². The molecule has 0 aromatic heterocycles. The van der Waals surface area contributed by atoms with Gasteiger partial charge in [-0.2, -0.15) is 0 Å². The maximum absolute atomic E-state index is 12.1. The molecule has 2 N–H and O–H groups in total. The molecule has 0 aromatic carbocycles. The molecule has 2 nitrogen and oxygen atoms in total. The van der Waals surface area contributed by atoms with E-state index in [4.69, 9.17) is 5.73 Å². The smallest absolute Gasteiger partial charge is 0.200 e. The van der Waals surface area contributed by atoms with Gasteiger partial charge in [0.15, 0.2) is 6.36 Å². The van der Waals surface area contributed by atoms with Crippen LogP contribution in [0.15, 0.2) is 0 Å². The fourth-order valence-corrected chi connectivity index (χ4v) is 0.771. The lowest BCUT2D eigenvalue weighted by molar-refractivity contribution is -0.0736. The zero-order chi connectivity index (χ0) is 5.98. The first-order valence-electron chi connectivity index (χ1n) is 2.80. The Morgan fingerprint density at radius 3 is 2.75 bits per heavy atom. The molecule has 2 atom stereocenters. The third-order valence-electron chi connectivity index (χ3n) is 1.28. The van der Waals surface area contributed by atoms with Crippen molar-refractivity contribution >= 4 is 0 Å². The molecule has 1 heterocycles. The van der Waals surface area contributed by atoms with E-state index < -0.39 is 6.36 Å². The predicted octanol–water partition coefficient (Wildman–Crippen LogP) is 0.420. The highest BCUT2D eigenvalue weighted by atomic mass is 19.1. The van der Waals surface area contributed by atoms with Crippen molar-refractivity contribution < 1.29 is 9.13 Å². The van der Waals surface area contributed by atoms with E-state index in [0.717, 1.165) is 6.42 Å². The second-order valence-corrected chi connectivity index (χ2v) is 2.07. The van der Waals surface area contributed by atoms with Gasteiger partial charge in [0.1, 0.15) is 0 Å². The van der Waals surface area contributed by atoms with E-state index in [0.29, 0.717) is 13.0 Å². The number of hydrogen-bond acceptors (Lipinski definition) is 2. The van der Waals surface area contributed by atoms with Gasteiger partial charge >= 0.3 is 0 Å². The molecule has 48 valence electrons. The minimum absolute atomic E-state index is 0.0127. The Labute approximate surface area is 47.8 Å². The van der Waals surface area contributed by atoms with E-state index in [9.17, 15) is 4.39 Å². The standard InChI is InChI=1S/C5H10FNO/c6-5-3-4(7)1-2-8-5/h4-5H,1-3,7H2/t4-,5?/m0/s1. The zero-order valence-electron chi connectivity index (χ0n) is 4.64. The monoisotopic (exact) mass is 119 g/mol. The van der Waals surface area contributed by atoms with Crippen LogP contribution < -0.4 is 5.73 Å². The Kier molecular flexibility index (Phi) is 1.81. The summed E-state index contributed by atoms with van der Waals surface area (Å²) in [5.74, 6) is 0. The molecule has 1 saturated heterocycles. The van der Waals surface area contributed by atoms with E-state index in [2.05, 4.69) is 4.74 Å². The first-order chi connectivity index (χ1) is 3.79. The van der Waals surface area contributed by atoms with E-state index in [1.807, 2.05) is 0 Å². The first-order valence-corrected chi connectivity index (χ1v) is 2.80. The van der Waals surface area contributed by atoms with Crippen molar-refractivity contribution in [3.05, 3.63) is 0 Å². The first kappa shape index (κ1) is 5.98. The van der Waals surface area contributed by atoms with Crippen molar-refractivity contribution in [2.24, 2.45) is 5.73 Å². The Hall–Kier alpha value is -0.150. The molecular weight excluding hydrogens is 109 g/mol. The molecule has 0 radical (unpaired) electrons.